The van der Waals surface area contributed by atoms with Gasteiger partial charge in [-0.25, -0.2) is 9.82 Å². The van der Waals surface area contributed by atoms with Crippen LogP contribution in [-0.2, 0) is 0 Å². The number of halogens is 2. The van der Waals surface area contributed by atoms with Gasteiger partial charge in [0.05, 0.1) is 17.5 Å². The molecule has 0 aliphatic heterocycles. The summed E-state index contributed by atoms with van der Waals surface area (Å²) in [6.45, 7) is 0. The Bertz CT molecular complexity index is 1020. The zero-order chi connectivity index (χ0) is 19.9. The lowest BCUT2D eigenvalue weighted by molar-refractivity contribution is 0.0956. The molecule has 0 saturated heterocycles. The smallest absolute Gasteiger partial charge is 0.274 e. The van der Waals surface area contributed by atoms with Gasteiger partial charge in [-0.05, 0) is 48.0 Å². The Kier molecular flexibility index (Phi) is 6.08. The van der Waals surface area contributed by atoms with Crippen molar-refractivity contribution in [2.45, 2.75) is 0 Å². The van der Waals surface area contributed by atoms with Gasteiger partial charge in [-0.1, -0.05) is 29.8 Å². The van der Waals surface area contributed by atoms with Crippen LogP contribution in [0.4, 0.5) is 10.1 Å². The maximum Gasteiger partial charge on any atom is 0.274 e. The Morgan fingerprint density at radius 3 is 2.54 bits per heavy atom. The number of carbonyl (C=O) groups is 2. The van der Waals surface area contributed by atoms with Crippen molar-refractivity contribution < 1.29 is 14.0 Å². The molecule has 0 saturated carbocycles. The van der Waals surface area contributed by atoms with Gasteiger partial charge in [-0.3, -0.25) is 14.6 Å². The van der Waals surface area contributed by atoms with E-state index >= 15 is 0 Å². The van der Waals surface area contributed by atoms with Gasteiger partial charge in [0.15, 0.2) is 0 Å². The van der Waals surface area contributed by atoms with Gasteiger partial charge in [0.25, 0.3) is 11.8 Å². The number of nitrogens with zero attached hydrogens (tertiary/aromatic N) is 2. The van der Waals surface area contributed by atoms with E-state index in [2.05, 4.69) is 20.8 Å². The maximum absolute atomic E-state index is 12.9. The summed E-state index contributed by atoms with van der Waals surface area (Å²) in [4.78, 5) is 28.7. The topological polar surface area (TPSA) is 83.5 Å². The van der Waals surface area contributed by atoms with E-state index < -0.39 is 11.8 Å². The van der Waals surface area contributed by atoms with E-state index in [1.165, 1.54) is 48.8 Å². The minimum absolute atomic E-state index is 0.132. The summed E-state index contributed by atoms with van der Waals surface area (Å²) in [5, 5.41) is 6.80. The lowest BCUT2D eigenvalue weighted by Crippen LogP contribution is -2.21. The van der Waals surface area contributed by atoms with Crippen molar-refractivity contribution in [1.82, 2.24) is 10.4 Å². The molecule has 8 heteroatoms. The first-order valence-electron chi connectivity index (χ1n) is 8.14. The van der Waals surface area contributed by atoms with Crippen molar-refractivity contribution in [2.75, 3.05) is 5.32 Å². The number of rotatable bonds is 5. The van der Waals surface area contributed by atoms with Crippen LogP contribution in [0.5, 0.6) is 0 Å². The normalized spacial score (nSPS) is 10.6. The Hall–Kier alpha value is -3.58. The highest BCUT2D eigenvalue weighted by Crippen LogP contribution is 2.21. The molecule has 0 aliphatic carbocycles. The molecule has 0 bridgehead atoms. The van der Waals surface area contributed by atoms with Crippen LogP contribution in [-0.4, -0.2) is 23.0 Å². The average Bonchev–Trinajstić information content (AvgIpc) is 2.71. The van der Waals surface area contributed by atoms with E-state index in [0.29, 0.717) is 10.6 Å². The van der Waals surface area contributed by atoms with Gasteiger partial charge in [0.1, 0.15) is 11.5 Å². The van der Waals surface area contributed by atoms with Crippen LogP contribution < -0.4 is 10.7 Å². The second kappa shape index (κ2) is 8.88. The van der Waals surface area contributed by atoms with Crippen LogP contribution >= 0.6 is 11.6 Å². The number of hydrazone groups is 1. The van der Waals surface area contributed by atoms with E-state index in [1.807, 2.05) is 0 Å². The SMILES string of the molecule is O=C(Nc1ccc(Cl)cc1C(=O)N/N=C/c1ccc(F)cc1)c1ccccn1. The minimum atomic E-state index is -0.572. The highest BCUT2D eigenvalue weighted by molar-refractivity contribution is 6.31. The van der Waals surface area contributed by atoms with Crippen LogP contribution in [0.25, 0.3) is 0 Å². The summed E-state index contributed by atoms with van der Waals surface area (Å²) < 4.78 is 12.9. The zero-order valence-electron chi connectivity index (χ0n) is 14.4. The highest BCUT2D eigenvalue weighted by atomic mass is 35.5. The molecule has 0 aliphatic rings. The maximum atomic E-state index is 12.9. The molecular weight excluding hydrogens is 383 g/mol. The standard InChI is InChI=1S/C20H14ClFN4O2/c21-14-6-9-17(25-20(28)18-3-1-2-10-23-18)16(11-14)19(27)26-24-12-13-4-7-15(22)8-5-13/h1-12H,(H,25,28)(H,26,27)/b24-12+. The summed E-state index contributed by atoms with van der Waals surface area (Å²) in [5.74, 6) is -1.41. The predicted octanol–water partition coefficient (Wildman–Crippen LogP) is 3.89. The number of benzene rings is 2. The summed E-state index contributed by atoms with van der Waals surface area (Å²) in [5.41, 5.74) is 3.56. The molecule has 0 atom stereocenters. The molecule has 28 heavy (non-hydrogen) atoms. The number of nitrogens with one attached hydrogen (secondary N) is 2. The van der Waals surface area contributed by atoms with Gasteiger partial charge in [-0.2, -0.15) is 5.10 Å². The fourth-order valence-corrected chi connectivity index (χ4v) is 2.44. The van der Waals surface area contributed by atoms with E-state index in [1.54, 1.807) is 24.3 Å². The third kappa shape index (κ3) is 4.99. The Morgan fingerprint density at radius 1 is 1.04 bits per heavy atom. The molecule has 2 aromatic carbocycles. The molecule has 1 heterocycles. The van der Waals surface area contributed by atoms with E-state index in [0.717, 1.165) is 0 Å². The molecule has 0 unspecified atom stereocenters. The van der Waals surface area contributed by atoms with Crippen molar-refractivity contribution in [2.24, 2.45) is 5.10 Å². The first-order chi connectivity index (χ1) is 13.5. The van der Waals surface area contributed by atoms with E-state index in [9.17, 15) is 14.0 Å². The molecule has 1 aromatic heterocycles. The monoisotopic (exact) mass is 396 g/mol. The van der Waals surface area contributed by atoms with Crippen molar-refractivity contribution in [3.63, 3.8) is 0 Å². The summed E-state index contributed by atoms with van der Waals surface area (Å²) >= 11 is 5.98. The number of hydrogen-bond donors (Lipinski definition) is 2. The first kappa shape index (κ1) is 19.2. The lowest BCUT2D eigenvalue weighted by atomic mass is 10.1. The van der Waals surface area contributed by atoms with Crippen LogP contribution in [0.3, 0.4) is 0 Å². The number of amides is 2. The summed E-state index contributed by atoms with van der Waals surface area (Å²) in [7, 11) is 0. The van der Waals surface area contributed by atoms with Crippen LogP contribution in [0.15, 0.2) is 72.0 Å². The molecule has 2 N–H and O–H groups in total. The summed E-state index contributed by atoms with van der Waals surface area (Å²) in [6.07, 6.45) is 2.86. The molecule has 3 rings (SSSR count). The van der Waals surface area contributed by atoms with Gasteiger partial charge < -0.3 is 5.32 Å². The predicted molar refractivity (Wildman–Crippen MR) is 105 cm³/mol. The van der Waals surface area contributed by atoms with Gasteiger partial charge in [0.2, 0.25) is 0 Å². The Balaban J connectivity index is 1.75. The molecule has 0 radical (unpaired) electrons. The molecular formula is C20H14ClFN4O2. The molecule has 2 amide bonds. The van der Waals surface area contributed by atoms with Crippen molar-refractivity contribution in [3.8, 4) is 0 Å². The van der Waals surface area contributed by atoms with E-state index in [-0.39, 0.29) is 22.8 Å². The second-order valence-electron chi connectivity index (χ2n) is 5.61. The molecule has 3 aromatic rings. The van der Waals surface area contributed by atoms with Gasteiger partial charge in [0, 0.05) is 11.2 Å². The fourth-order valence-electron chi connectivity index (χ4n) is 2.27. The Labute approximate surface area is 165 Å². The van der Waals surface area contributed by atoms with Crippen LogP contribution in [0.1, 0.15) is 26.4 Å². The molecule has 140 valence electrons. The minimum Gasteiger partial charge on any atom is -0.320 e. The molecule has 6 nitrogen and oxygen atoms in total. The number of anilines is 1. The first-order valence-corrected chi connectivity index (χ1v) is 8.51. The fraction of sp³-hybridized carbons (Fsp3) is 0. The summed E-state index contributed by atoms with van der Waals surface area (Å²) in [6, 6.07) is 15.0. The van der Waals surface area contributed by atoms with Crippen molar-refractivity contribution in [1.29, 1.82) is 0 Å². The molecule has 0 fully saturated rings. The number of hydrogen-bond acceptors (Lipinski definition) is 4. The van der Waals surface area contributed by atoms with Crippen LogP contribution in [0, 0.1) is 5.82 Å². The molecule has 0 spiro atoms. The van der Waals surface area contributed by atoms with Gasteiger partial charge in [-0.15, -0.1) is 0 Å². The van der Waals surface area contributed by atoms with E-state index in [4.69, 9.17) is 11.6 Å². The second-order valence-corrected chi connectivity index (χ2v) is 6.05. The average molecular weight is 397 g/mol. The van der Waals surface area contributed by atoms with Crippen LogP contribution in [0.2, 0.25) is 5.02 Å². The number of pyridine rings is 1. The third-order valence-electron chi connectivity index (χ3n) is 3.62. The largest absolute Gasteiger partial charge is 0.320 e. The quantitative estimate of drug-likeness (QED) is 0.507. The van der Waals surface area contributed by atoms with Crippen molar-refractivity contribution >= 4 is 35.3 Å². The number of carbonyl (C=O) groups excluding carboxylic acids is 2. The third-order valence-corrected chi connectivity index (χ3v) is 3.86. The lowest BCUT2D eigenvalue weighted by Gasteiger charge is -2.10. The highest BCUT2D eigenvalue weighted by Gasteiger charge is 2.15. The van der Waals surface area contributed by atoms with Gasteiger partial charge >= 0.3 is 0 Å². The number of aromatic nitrogens is 1. The Morgan fingerprint density at radius 2 is 1.82 bits per heavy atom. The zero-order valence-corrected chi connectivity index (χ0v) is 15.2. The van der Waals surface area contributed by atoms with Crippen molar-refractivity contribution in [3.05, 3.63) is 94.5 Å².